The van der Waals surface area contributed by atoms with E-state index < -0.39 is 0 Å². The largest absolute Gasteiger partial charge is 0.307 e. The fourth-order valence-corrected chi connectivity index (χ4v) is 3.66. The Kier molecular flexibility index (Phi) is 5.43. The van der Waals surface area contributed by atoms with Crippen LogP contribution in [0.5, 0.6) is 0 Å². The Morgan fingerprint density at radius 1 is 0.923 bits per heavy atom. The Labute approximate surface area is 155 Å². The second-order valence-corrected chi connectivity index (χ2v) is 7.02. The Morgan fingerprint density at radius 3 is 2.50 bits per heavy atom. The van der Waals surface area contributed by atoms with Gasteiger partial charge in [0, 0.05) is 31.5 Å². The van der Waals surface area contributed by atoms with Gasteiger partial charge in [0.2, 0.25) is 0 Å². The van der Waals surface area contributed by atoms with E-state index in [-0.39, 0.29) is 0 Å². The molecule has 1 aromatic heterocycles. The van der Waals surface area contributed by atoms with Gasteiger partial charge in [-0.1, -0.05) is 48.5 Å². The Balaban J connectivity index is 1.43. The molecule has 1 fully saturated rings. The first kappa shape index (κ1) is 17.0. The van der Waals surface area contributed by atoms with Crippen molar-refractivity contribution in [1.82, 2.24) is 20.4 Å². The minimum atomic E-state index is 0.795. The molecule has 0 spiro atoms. The summed E-state index contributed by atoms with van der Waals surface area (Å²) in [6, 6.07) is 19.7. The van der Waals surface area contributed by atoms with Gasteiger partial charge in [0.05, 0.1) is 0 Å². The van der Waals surface area contributed by atoms with Gasteiger partial charge in [-0.3, -0.25) is 10.00 Å². The third kappa shape index (κ3) is 4.21. The van der Waals surface area contributed by atoms with E-state index in [2.05, 4.69) is 68.9 Å². The van der Waals surface area contributed by atoms with Crippen LogP contribution in [0.1, 0.15) is 29.7 Å². The Morgan fingerprint density at radius 2 is 1.73 bits per heavy atom. The van der Waals surface area contributed by atoms with Crippen molar-refractivity contribution in [2.24, 2.45) is 0 Å². The standard InChI is InChI=1S/C22H26N4/c1-2-6-22(20(5-1)15-23-16-21-11-12-24-25-21)19-9-7-18(8-10-19)17-26-13-3-4-14-26/h1-2,5-12,23H,3-4,13-17H2,(H,24,25). The van der Waals surface area contributed by atoms with Gasteiger partial charge in [0.15, 0.2) is 0 Å². The number of nitrogens with zero attached hydrogens (tertiary/aromatic N) is 2. The number of aromatic nitrogens is 2. The van der Waals surface area contributed by atoms with Crippen LogP contribution in [0.4, 0.5) is 0 Å². The minimum Gasteiger partial charge on any atom is -0.307 e. The third-order valence-corrected chi connectivity index (χ3v) is 5.08. The van der Waals surface area contributed by atoms with E-state index in [9.17, 15) is 0 Å². The molecule has 4 nitrogen and oxygen atoms in total. The van der Waals surface area contributed by atoms with Gasteiger partial charge in [-0.25, -0.2) is 0 Å². The second kappa shape index (κ2) is 8.30. The van der Waals surface area contributed by atoms with E-state index in [1.54, 1.807) is 6.20 Å². The van der Waals surface area contributed by atoms with Crippen molar-refractivity contribution in [3.63, 3.8) is 0 Å². The number of rotatable bonds is 7. The number of benzene rings is 2. The molecule has 0 atom stereocenters. The van der Waals surface area contributed by atoms with Crippen LogP contribution in [0.15, 0.2) is 60.8 Å². The SMILES string of the molecule is c1ccc(-c2ccc(CN3CCCC3)cc2)c(CNCc2ccn[nH]2)c1. The molecule has 1 aliphatic heterocycles. The fraction of sp³-hybridized carbons (Fsp3) is 0.318. The van der Waals surface area contributed by atoms with Crippen LogP contribution in [0, 0.1) is 0 Å². The first-order valence-corrected chi connectivity index (χ1v) is 9.47. The summed E-state index contributed by atoms with van der Waals surface area (Å²) in [6.45, 7) is 5.20. The number of aromatic amines is 1. The summed E-state index contributed by atoms with van der Waals surface area (Å²) in [5, 5.41) is 10.5. The number of hydrogen-bond donors (Lipinski definition) is 2. The van der Waals surface area contributed by atoms with Crippen LogP contribution < -0.4 is 5.32 Å². The third-order valence-electron chi connectivity index (χ3n) is 5.08. The summed E-state index contributed by atoms with van der Waals surface area (Å²) >= 11 is 0. The van der Waals surface area contributed by atoms with Gasteiger partial charge in [0.1, 0.15) is 0 Å². The Hall–Kier alpha value is -2.43. The first-order chi connectivity index (χ1) is 12.9. The van der Waals surface area contributed by atoms with Crippen molar-refractivity contribution in [2.75, 3.05) is 13.1 Å². The molecule has 4 rings (SSSR count). The monoisotopic (exact) mass is 346 g/mol. The van der Waals surface area contributed by atoms with E-state index in [0.717, 1.165) is 25.3 Å². The predicted octanol–water partition coefficient (Wildman–Crippen LogP) is 3.96. The van der Waals surface area contributed by atoms with Crippen molar-refractivity contribution in [3.8, 4) is 11.1 Å². The molecule has 3 aromatic rings. The summed E-state index contributed by atoms with van der Waals surface area (Å²) in [4.78, 5) is 2.54. The molecule has 2 heterocycles. The number of likely N-dealkylation sites (tertiary alicyclic amines) is 1. The number of nitrogens with one attached hydrogen (secondary N) is 2. The average molecular weight is 346 g/mol. The molecule has 0 amide bonds. The normalized spacial score (nSPS) is 14.8. The maximum Gasteiger partial charge on any atom is 0.0490 e. The number of H-pyrrole nitrogens is 1. The lowest BCUT2D eigenvalue weighted by molar-refractivity contribution is 0.331. The molecule has 0 radical (unpaired) electrons. The molecule has 0 bridgehead atoms. The van der Waals surface area contributed by atoms with Crippen LogP contribution in [0.25, 0.3) is 11.1 Å². The zero-order valence-corrected chi connectivity index (χ0v) is 15.1. The van der Waals surface area contributed by atoms with Crippen LogP contribution in [-0.2, 0) is 19.6 Å². The summed E-state index contributed by atoms with van der Waals surface area (Å²) < 4.78 is 0. The molecule has 4 heteroatoms. The van der Waals surface area contributed by atoms with E-state index in [1.807, 2.05) is 6.07 Å². The zero-order chi connectivity index (χ0) is 17.6. The lowest BCUT2D eigenvalue weighted by atomic mass is 9.98. The topological polar surface area (TPSA) is 44.0 Å². The average Bonchev–Trinajstić information content (AvgIpc) is 3.37. The van der Waals surface area contributed by atoms with Gasteiger partial charge < -0.3 is 5.32 Å². The van der Waals surface area contributed by atoms with Crippen LogP contribution >= 0.6 is 0 Å². The molecule has 134 valence electrons. The lowest BCUT2D eigenvalue weighted by Gasteiger charge is -2.15. The predicted molar refractivity (Wildman–Crippen MR) is 106 cm³/mol. The fourth-order valence-electron chi connectivity index (χ4n) is 3.66. The molecule has 26 heavy (non-hydrogen) atoms. The summed E-state index contributed by atoms with van der Waals surface area (Å²) in [5.74, 6) is 0. The molecule has 0 unspecified atom stereocenters. The second-order valence-electron chi connectivity index (χ2n) is 7.02. The number of hydrogen-bond acceptors (Lipinski definition) is 3. The van der Waals surface area contributed by atoms with E-state index in [4.69, 9.17) is 0 Å². The van der Waals surface area contributed by atoms with Gasteiger partial charge >= 0.3 is 0 Å². The molecule has 2 N–H and O–H groups in total. The smallest absolute Gasteiger partial charge is 0.0490 e. The van der Waals surface area contributed by atoms with Crippen molar-refractivity contribution in [2.45, 2.75) is 32.5 Å². The molecular weight excluding hydrogens is 320 g/mol. The van der Waals surface area contributed by atoms with Crippen molar-refractivity contribution >= 4 is 0 Å². The van der Waals surface area contributed by atoms with Crippen molar-refractivity contribution in [1.29, 1.82) is 0 Å². The first-order valence-electron chi connectivity index (χ1n) is 9.47. The summed E-state index contributed by atoms with van der Waals surface area (Å²) in [6.07, 6.45) is 4.47. The van der Waals surface area contributed by atoms with Crippen LogP contribution in [-0.4, -0.2) is 28.2 Å². The molecule has 1 saturated heterocycles. The molecule has 2 aromatic carbocycles. The lowest BCUT2D eigenvalue weighted by Crippen LogP contribution is -2.18. The molecule has 1 aliphatic rings. The van der Waals surface area contributed by atoms with Gasteiger partial charge in [0.25, 0.3) is 0 Å². The molecular formula is C22H26N4. The van der Waals surface area contributed by atoms with Crippen molar-refractivity contribution in [3.05, 3.63) is 77.6 Å². The van der Waals surface area contributed by atoms with Gasteiger partial charge in [-0.2, -0.15) is 5.10 Å². The highest BCUT2D eigenvalue weighted by molar-refractivity contribution is 5.67. The van der Waals surface area contributed by atoms with Crippen LogP contribution in [0.2, 0.25) is 0 Å². The summed E-state index contributed by atoms with van der Waals surface area (Å²) in [5.41, 5.74) is 6.42. The van der Waals surface area contributed by atoms with Gasteiger partial charge in [-0.05, 0) is 54.3 Å². The van der Waals surface area contributed by atoms with E-state index in [1.165, 1.54) is 48.2 Å². The van der Waals surface area contributed by atoms with Crippen molar-refractivity contribution < 1.29 is 0 Å². The zero-order valence-electron chi connectivity index (χ0n) is 15.1. The van der Waals surface area contributed by atoms with Gasteiger partial charge in [-0.15, -0.1) is 0 Å². The Bertz CT molecular complexity index is 802. The van der Waals surface area contributed by atoms with E-state index in [0.29, 0.717) is 0 Å². The quantitative estimate of drug-likeness (QED) is 0.680. The highest BCUT2D eigenvalue weighted by Crippen LogP contribution is 2.25. The maximum absolute atomic E-state index is 3.99. The van der Waals surface area contributed by atoms with Crippen LogP contribution in [0.3, 0.4) is 0 Å². The molecule has 0 saturated carbocycles. The highest BCUT2D eigenvalue weighted by Gasteiger charge is 2.12. The maximum atomic E-state index is 3.99. The summed E-state index contributed by atoms with van der Waals surface area (Å²) in [7, 11) is 0. The highest BCUT2D eigenvalue weighted by atomic mass is 15.1. The van der Waals surface area contributed by atoms with E-state index >= 15 is 0 Å². The minimum absolute atomic E-state index is 0.795. The molecule has 0 aliphatic carbocycles.